The maximum atomic E-state index is 13.3. The second kappa shape index (κ2) is 8.36. The van der Waals surface area contributed by atoms with Gasteiger partial charge in [0.1, 0.15) is 11.4 Å². The first kappa shape index (κ1) is 20.8. The predicted molar refractivity (Wildman–Crippen MR) is 119 cm³/mol. The Hall–Kier alpha value is -3.44. The van der Waals surface area contributed by atoms with E-state index in [2.05, 4.69) is 0 Å². The van der Waals surface area contributed by atoms with Crippen molar-refractivity contribution in [1.29, 1.82) is 0 Å². The molecule has 0 aliphatic rings. The molecule has 0 amide bonds. The molecule has 3 aromatic carbocycles. The van der Waals surface area contributed by atoms with E-state index in [1.807, 2.05) is 13.8 Å². The van der Waals surface area contributed by atoms with E-state index in [4.69, 9.17) is 20.8 Å². The molecule has 0 unspecified atom stereocenters. The van der Waals surface area contributed by atoms with E-state index in [0.29, 0.717) is 21.6 Å². The molecule has 0 bridgehead atoms. The number of ketones is 1. The molecule has 4 aromatic rings. The van der Waals surface area contributed by atoms with Crippen LogP contribution in [0.15, 0.2) is 69.9 Å². The zero-order valence-electron chi connectivity index (χ0n) is 16.9. The molecule has 0 saturated carbocycles. The van der Waals surface area contributed by atoms with Crippen molar-refractivity contribution < 1.29 is 18.3 Å². The molecule has 0 saturated heterocycles. The number of halogens is 2. The molecule has 0 spiro atoms. The largest absolute Gasteiger partial charge is 0.478 e. The van der Waals surface area contributed by atoms with E-state index in [1.54, 1.807) is 36.4 Å². The van der Waals surface area contributed by atoms with Gasteiger partial charge in [-0.1, -0.05) is 11.6 Å². The number of carbonyl (C=O) groups is 1. The van der Waals surface area contributed by atoms with Crippen molar-refractivity contribution in [1.82, 2.24) is 0 Å². The van der Waals surface area contributed by atoms with Crippen molar-refractivity contribution in [2.75, 3.05) is 6.61 Å². The van der Waals surface area contributed by atoms with Gasteiger partial charge in [-0.25, -0.2) is 4.39 Å². The zero-order chi connectivity index (χ0) is 22.1. The minimum Gasteiger partial charge on any atom is -0.478 e. The smallest absolute Gasteiger partial charge is 0.235 e. The van der Waals surface area contributed by atoms with Gasteiger partial charge in [-0.05, 0) is 85.6 Å². The van der Waals surface area contributed by atoms with Crippen molar-refractivity contribution in [3.63, 3.8) is 0 Å². The van der Waals surface area contributed by atoms with Gasteiger partial charge in [-0.15, -0.1) is 0 Å². The third-order valence-electron chi connectivity index (χ3n) is 5.09. The lowest BCUT2D eigenvalue weighted by Crippen LogP contribution is -2.17. The van der Waals surface area contributed by atoms with E-state index in [9.17, 15) is 14.0 Å². The van der Waals surface area contributed by atoms with Crippen LogP contribution >= 0.6 is 11.6 Å². The number of hydrogen-bond donors (Lipinski definition) is 0. The summed E-state index contributed by atoms with van der Waals surface area (Å²) in [5.41, 5.74) is 2.85. The summed E-state index contributed by atoms with van der Waals surface area (Å²) in [6, 6.07) is 15.5. The Kier molecular flexibility index (Phi) is 5.61. The topological polar surface area (TPSA) is 56.5 Å². The van der Waals surface area contributed by atoms with Crippen LogP contribution in [0.2, 0.25) is 5.02 Å². The molecule has 4 nitrogen and oxygen atoms in total. The lowest BCUT2D eigenvalue weighted by atomic mass is 10.0. The SMILES string of the molecule is Cc1cc2oc(-c3ccc(Cl)cc3)c(OCC(=O)c3ccc(F)cc3)c(=O)c2cc1C. The Morgan fingerprint density at radius 1 is 1.00 bits per heavy atom. The third kappa shape index (κ3) is 4.23. The van der Waals surface area contributed by atoms with Gasteiger partial charge < -0.3 is 9.15 Å². The van der Waals surface area contributed by atoms with Crippen molar-refractivity contribution in [2.24, 2.45) is 0 Å². The molecule has 6 heteroatoms. The molecule has 1 heterocycles. The van der Waals surface area contributed by atoms with Crippen LogP contribution in [0, 0.1) is 19.7 Å². The van der Waals surface area contributed by atoms with Crippen molar-refractivity contribution in [3.05, 3.63) is 98.4 Å². The average Bonchev–Trinajstić information content (AvgIpc) is 2.75. The van der Waals surface area contributed by atoms with Gasteiger partial charge in [0, 0.05) is 16.1 Å². The van der Waals surface area contributed by atoms with Gasteiger partial charge in [0.15, 0.2) is 18.2 Å². The van der Waals surface area contributed by atoms with Gasteiger partial charge >= 0.3 is 0 Å². The van der Waals surface area contributed by atoms with Crippen LogP contribution in [0.3, 0.4) is 0 Å². The minimum absolute atomic E-state index is 0.0615. The first-order valence-corrected chi connectivity index (χ1v) is 9.97. The standard InChI is InChI=1S/C25H18ClFO4/c1-14-11-20-22(12-15(14)2)31-24(17-3-7-18(26)8-4-17)25(23(20)29)30-13-21(28)16-5-9-19(27)10-6-16/h3-12H,13H2,1-2H3. The molecule has 0 fully saturated rings. The lowest BCUT2D eigenvalue weighted by molar-refractivity contribution is 0.0920. The normalized spacial score (nSPS) is 11.0. The molecule has 0 atom stereocenters. The molecular formula is C25H18ClFO4. The van der Waals surface area contributed by atoms with E-state index >= 15 is 0 Å². The Labute approximate surface area is 182 Å². The Bertz CT molecular complexity index is 1340. The van der Waals surface area contributed by atoms with Crippen LogP contribution in [0.4, 0.5) is 4.39 Å². The van der Waals surface area contributed by atoms with Crippen LogP contribution in [0.25, 0.3) is 22.3 Å². The van der Waals surface area contributed by atoms with Crippen LogP contribution in [0.1, 0.15) is 21.5 Å². The summed E-state index contributed by atoms with van der Waals surface area (Å²) in [5, 5.41) is 0.900. The van der Waals surface area contributed by atoms with Crippen molar-refractivity contribution >= 4 is 28.4 Å². The number of fused-ring (bicyclic) bond motifs is 1. The van der Waals surface area contributed by atoms with Gasteiger partial charge in [0.05, 0.1) is 5.39 Å². The molecule has 0 radical (unpaired) electrons. The maximum absolute atomic E-state index is 13.3. The summed E-state index contributed by atoms with van der Waals surface area (Å²) < 4.78 is 24.9. The highest BCUT2D eigenvalue weighted by molar-refractivity contribution is 6.30. The summed E-state index contributed by atoms with van der Waals surface area (Å²) in [7, 11) is 0. The molecule has 4 rings (SSSR count). The number of hydrogen-bond acceptors (Lipinski definition) is 4. The molecule has 0 aliphatic heterocycles. The first-order chi connectivity index (χ1) is 14.8. The summed E-state index contributed by atoms with van der Waals surface area (Å²) in [6.07, 6.45) is 0. The first-order valence-electron chi connectivity index (χ1n) is 9.59. The van der Waals surface area contributed by atoms with Gasteiger partial charge in [0.25, 0.3) is 0 Å². The quantitative estimate of drug-likeness (QED) is 0.353. The fourth-order valence-corrected chi connectivity index (χ4v) is 3.34. The number of benzene rings is 3. The molecule has 0 N–H and O–H groups in total. The summed E-state index contributed by atoms with van der Waals surface area (Å²) >= 11 is 5.99. The Balaban J connectivity index is 1.80. The lowest BCUT2D eigenvalue weighted by Gasteiger charge is -2.12. The van der Waals surface area contributed by atoms with E-state index in [-0.39, 0.29) is 28.3 Å². The number of aryl methyl sites for hydroxylation is 2. The van der Waals surface area contributed by atoms with Gasteiger partial charge in [-0.3, -0.25) is 9.59 Å². The molecule has 1 aromatic heterocycles. The summed E-state index contributed by atoms with van der Waals surface area (Å²) in [5.74, 6) is -0.678. The summed E-state index contributed by atoms with van der Waals surface area (Å²) in [6.45, 7) is 3.44. The number of carbonyl (C=O) groups excluding carboxylic acids is 1. The Morgan fingerprint density at radius 2 is 1.65 bits per heavy atom. The molecule has 0 aliphatic carbocycles. The minimum atomic E-state index is -0.441. The highest BCUT2D eigenvalue weighted by atomic mass is 35.5. The second-order valence-electron chi connectivity index (χ2n) is 7.25. The fourth-order valence-electron chi connectivity index (χ4n) is 3.21. The van der Waals surface area contributed by atoms with E-state index < -0.39 is 12.4 Å². The summed E-state index contributed by atoms with van der Waals surface area (Å²) in [4.78, 5) is 25.8. The zero-order valence-corrected chi connectivity index (χ0v) is 17.6. The fraction of sp³-hybridized carbons (Fsp3) is 0.120. The Morgan fingerprint density at radius 3 is 2.32 bits per heavy atom. The van der Waals surface area contributed by atoms with Gasteiger partial charge in [0.2, 0.25) is 11.2 Å². The van der Waals surface area contributed by atoms with Crippen LogP contribution < -0.4 is 10.2 Å². The third-order valence-corrected chi connectivity index (χ3v) is 5.34. The number of ether oxygens (including phenoxy) is 1. The molecule has 156 valence electrons. The van der Waals surface area contributed by atoms with Crippen molar-refractivity contribution in [3.8, 4) is 17.1 Å². The van der Waals surface area contributed by atoms with Gasteiger partial charge in [-0.2, -0.15) is 0 Å². The number of rotatable bonds is 5. The second-order valence-corrected chi connectivity index (χ2v) is 7.68. The van der Waals surface area contributed by atoms with Crippen LogP contribution in [-0.2, 0) is 0 Å². The highest BCUT2D eigenvalue weighted by Crippen LogP contribution is 2.32. The van der Waals surface area contributed by atoms with E-state index in [0.717, 1.165) is 11.1 Å². The van der Waals surface area contributed by atoms with Crippen LogP contribution in [0.5, 0.6) is 5.75 Å². The predicted octanol–water partition coefficient (Wildman–Crippen LogP) is 6.13. The average molecular weight is 437 g/mol. The molecule has 31 heavy (non-hydrogen) atoms. The molecular weight excluding hydrogens is 419 g/mol. The maximum Gasteiger partial charge on any atom is 0.235 e. The van der Waals surface area contributed by atoms with Crippen molar-refractivity contribution in [2.45, 2.75) is 13.8 Å². The monoisotopic (exact) mass is 436 g/mol. The van der Waals surface area contributed by atoms with Crippen LogP contribution in [-0.4, -0.2) is 12.4 Å². The highest BCUT2D eigenvalue weighted by Gasteiger charge is 2.20. The van der Waals surface area contributed by atoms with E-state index in [1.165, 1.54) is 24.3 Å². The number of Topliss-reactive ketones (excluding diaryl/α,β-unsaturated/α-hetero) is 1.